The molecule has 0 saturated heterocycles. The lowest BCUT2D eigenvalue weighted by atomic mass is 9.73. The third-order valence-corrected chi connectivity index (χ3v) is 5.56. The maximum absolute atomic E-state index is 2.37. The van der Waals surface area contributed by atoms with Crippen LogP contribution in [0.4, 0.5) is 0 Å². The molecule has 0 fully saturated rings. The molecule has 3 rings (SSSR count). The Kier molecular flexibility index (Phi) is 5.53. The Morgan fingerprint density at radius 2 is 1.07 bits per heavy atom. The van der Waals surface area contributed by atoms with Crippen molar-refractivity contribution >= 4 is 0 Å². The van der Waals surface area contributed by atoms with Crippen LogP contribution in [0.5, 0.6) is 0 Å². The predicted octanol–water partition coefficient (Wildman–Crippen LogP) is 8.18. The molecule has 0 bridgehead atoms. The summed E-state index contributed by atoms with van der Waals surface area (Å²) in [5.41, 5.74) is 9.96. The molecule has 0 heterocycles. The average Bonchev–Trinajstić information content (AvgIpc) is 2.66. The summed E-state index contributed by atoms with van der Waals surface area (Å²) >= 11 is 0. The van der Waals surface area contributed by atoms with Crippen molar-refractivity contribution in [2.45, 2.75) is 65.7 Å². The molecule has 0 unspecified atom stereocenters. The van der Waals surface area contributed by atoms with E-state index in [2.05, 4.69) is 115 Å². The second kappa shape index (κ2) is 7.59. The van der Waals surface area contributed by atoms with Gasteiger partial charge in [0.15, 0.2) is 0 Å². The van der Waals surface area contributed by atoms with Crippen LogP contribution in [0.1, 0.15) is 65.2 Å². The summed E-state index contributed by atoms with van der Waals surface area (Å²) in [6.07, 6.45) is 1.04. The van der Waals surface area contributed by atoms with Gasteiger partial charge in [-0.1, -0.05) is 115 Å². The summed E-state index contributed by atoms with van der Waals surface area (Å²) in [6, 6.07) is 24.4. The van der Waals surface area contributed by atoms with Crippen molar-refractivity contribution in [2.24, 2.45) is 0 Å². The van der Waals surface area contributed by atoms with E-state index < -0.39 is 0 Å². The molecule has 0 nitrogen and oxygen atoms in total. The van der Waals surface area contributed by atoms with Crippen molar-refractivity contribution < 1.29 is 0 Å². The number of hydrogen-bond donors (Lipinski definition) is 0. The molecular weight excluding hydrogens is 336 g/mol. The highest BCUT2D eigenvalue weighted by molar-refractivity contribution is 5.87. The highest BCUT2D eigenvalue weighted by atomic mass is 14.3. The quantitative estimate of drug-likeness (QED) is 0.436. The number of rotatable bonds is 3. The Morgan fingerprint density at radius 3 is 1.61 bits per heavy atom. The van der Waals surface area contributed by atoms with Crippen LogP contribution in [0.3, 0.4) is 0 Å². The first-order chi connectivity index (χ1) is 13.1. The first kappa shape index (κ1) is 20.4. The molecule has 3 aromatic carbocycles. The van der Waals surface area contributed by atoms with Gasteiger partial charge >= 0.3 is 0 Å². The SMILES string of the molecule is CCc1c(C(C)(C)C)ccc(C(C)(C)C)c1-c1ccccc1-c1ccccc1. The van der Waals surface area contributed by atoms with Crippen LogP contribution in [-0.4, -0.2) is 0 Å². The average molecular weight is 371 g/mol. The highest BCUT2D eigenvalue weighted by Crippen LogP contribution is 2.43. The van der Waals surface area contributed by atoms with E-state index >= 15 is 0 Å². The maximum Gasteiger partial charge on any atom is -0.00996 e. The minimum Gasteiger partial charge on any atom is -0.0622 e. The Bertz CT molecular complexity index is 948. The molecular formula is C28H34. The molecule has 0 radical (unpaired) electrons. The van der Waals surface area contributed by atoms with Crippen molar-refractivity contribution in [2.75, 3.05) is 0 Å². The fourth-order valence-corrected chi connectivity index (χ4v) is 4.22. The summed E-state index contributed by atoms with van der Waals surface area (Å²) in [6.45, 7) is 16.3. The molecule has 0 N–H and O–H groups in total. The molecule has 0 saturated carbocycles. The van der Waals surface area contributed by atoms with Crippen molar-refractivity contribution in [3.63, 3.8) is 0 Å². The molecule has 3 aromatic rings. The first-order valence-electron chi connectivity index (χ1n) is 10.5. The lowest BCUT2D eigenvalue weighted by molar-refractivity contribution is 0.572. The molecule has 0 heteroatoms. The summed E-state index contributed by atoms with van der Waals surface area (Å²) in [7, 11) is 0. The molecule has 28 heavy (non-hydrogen) atoms. The van der Waals surface area contributed by atoms with Gasteiger partial charge in [0.1, 0.15) is 0 Å². The molecule has 0 aromatic heterocycles. The van der Waals surface area contributed by atoms with E-state index in [4.69, 9.17) is 0 Å². The van der Waals surface area contributed by atoms with Gasteiger partial charge in [0.05, 0.1) is 0 Å². The molecule has 0 amide bonds. The Labute approximate surface area is 171 Å². The van der Waals surface area contributed by atoms with E-state index in [1.54, 1.807) is 0 Å². The summed E-state index contributed by atoms with van der Waals surface area (Å²) in [5.74, 6) is 0. The van der Waals surface area contributed by atoms with Gasteiger partial charge in [-0.15, -0.1) is 0 Å². The van der Waals surface area contributed by atoms with Gasteiger partial charge in [0.2, 0.25) is 0 Å². The topological polar surface area (TPSA) is 0 Å². The molecule has 0 aliphatic heterocycles. The minimum atomic E-state index is 0.0828. The van der Waals surface area contributed by atoms with Crippen LogP contribution in [0.15, 0.2) is 66.7 Å². The third kappa shape index (κ3) is 3.92. The minimum absolute atomic E-state index is 0.0828. The van der Waals surface area contributed by atoms with E-state index in [9.17, 15) is 0 Å². The molecule has 0 atom stereocenters. The van der Waals surface area contributed by atoms with Crippen LogP contribution in [0.2, 0.25) is 0 Å². The van der Waals surface area contributed by atoms with Gasteiger partial charge in [-0.05, 0) is 56.2 Å². The van der Waals surface area contributed by atoms with Gasteiger partial charge in [0, 0.05) is 0 Å². The van der Waals surface area contributed by atoms with Crippen molar-refractivity contribution in [1.29, 1.82) is 0 Å². The fraction of sp³-hybridized carbons (Fsp3) is 0.357. The van der Waals surface area contributed by atoms with Crippen LogP contribution in [-0.2, 0) is 17.3 Å². The second-order valence-electron chi connectivity index (χ2n) is 9.78. The molecule has 0 aliphatic rings. The molecule has 0 aliphatic carbocycles. The van der Waals surface area contributed by atoms with Crippen LogP contribution >= 0.6 is 0 Å². The van der Waals surface area contributed by atoms with Gasteiger partial charge in [-0.3, -0.25) is 0 Å². The monoisotopic (exact) mass is 370 g/mol. The highest BCUT2D eigenvalue weighted by Gasteiger charge is 2.27. The number of benzene rings is 3. The van der Waals surface area contributed by atoms with E-state index in [1.165, 1.54) is 38.9 Å². The van der Waals surface area contributed by atoms with Crippen molar-refractivity contribution in [1.82, 2.24) is 0 Å². The van der Waals surface area contributed by atoms with Crippen LogP contribution < -0.4 is 0 Å². The summed E-state index contributed by atoms with van der Waals surface area (Å²) in [4.78, 5) is 0. The van der Waals surface area contributed by atoms with E-state index in [0.29, 0.717) is 0 Å². The molecule has 146 valence electrons. The summed E-state index contributed by atoms with van der Waals surface area (Å²) < 4.78 is 0. The van der Waals surface area contributed by atoms with Gasteiger partial charge < -0.3 is 0 Å². The Hall–Kier alpha value is -2.34. The van der Waals surface area contributed by atoms with Crippen molar-refractivity contribution in [3.8, 4) is 22.3 Å². The number of hydrogen-bond acceptors (Lipinski definition) is 0. The van der Waals surface area contributed by atoms with E-state index in [1.807, 2.05) is 0 Å². The normalized spacial score (nSPS) is 12.2. The smallest absolute Gasteiger partial charge is 0.00996 e. The van der Waals surface area contributed by atoms with Crippen molar-refractivity contribution in [3.05, 3.63) is 83.4 Å². The zero-order valence-corrected chi connectivity index (χ0v) is 18.6. The van der Waals surface area contributed by atoms with Gasteiger partial charge in [-0.2, -0.15) is 0 Å². The van der Waals surface area contributed by atoms with E-state index in [-0.39, 0.29) is 10.8 Å². The maximum atomic E-state index is 2.37. The largest absolute Gasteiger partial charge is 0.0622 e. The first-order valence-corrected chi connectivity index (χ1v) is 10.5. The Morgan fingerprint density at radius 1 is 0.571 bits per heavy atom. The van der Waals surface area contributed by atoms with Gasteiger partial charge in [0.25, 0.3) is 0 Å². The lowest BCUT2D eigenvalue weighted by Gasteiger charge is -2.31. The van der Waals surface area contributed by atoms with Gasteiger partial charge in [-0.25, -0.2) is 0 Å². The fourth-order valence-electron chi connectivity index (χ4n) is 4.22. The molecule has 0 spiro atoms. The Balaban J connectivity index is 2.42. The van der Waals surface area contributed by atoms with E-state index in [0.717, 1.165) is 6.42 Å². The zero-order chi connectivity index (χ0) is 20.5. The predicted molar refractivity (Wildman–Crippen MR) is 124 cm³/mol. The zero-order valence-electron chi connectivity index (χ0n) is 18.6. The second-order valence-corrected chi connectivity index (χ2v) is 9.78. The standard InChI is InChI=1S/C28H34/c1-8-21-24(27(2,3)4)18-19-25(28(5,6)7)26(21)23-17-13-12-16-22(23)20-14-10-9-11-15-20/h9-19H,8H2,1-7H3. The summed E-state index contributed by atoms with van der Waals surface area (Å²) in [5, 5.41) is 0. The van der Waals surface area contributed by atoms with Crippen LogP contribution in [0, 0.1) is 0 Å². The third-order valence-electron chi connectivity index (χ3n) is 5.56. The van der Waals surface area contributed by atoms with Crippen LogP contribution in [0.25, 0.3) is 22.3 Å². The lowest BCUT2D eigenvalue weighted by Crippen LogP contribution is -2.19.